The highest BCUT2D eigenvalue weighted by Gasteiger charge is 2.37. The van der Waals surface area contributed by atoms with Crippen LogP contribution < -0.4 is 32.3 Å². The Morgan fingerprint density at radius 1 is 0.750 bits per heavy atom. The first kappa shape index (κ1) is 58.7. The van der Waals surface area contributed by atoms with Gasteiger partial charge >= 0.3 is 5.97 Å². The molecule has 2 rings (SSSR count). The largest absolute Gasteiger partial charge is 0.481 e. The molecule has 2 fully saturated rings. The predicted molar refractivity (Wildman–Crippen MR) is 246 cm³/mol. The first-order valence-corrected chi connectivity index (χ1v) is 24.0. The second kappa shape index (κ2) is 30.1. The summed E-state index contributed by atoms with van der Waals surface area (Å²) in [6.07, 6.45) is 0.465. The molecule has 8 atom stereocenters. The maximum Gasteiger partial charge on any atom is 0.306 e. The first-order chi connectivity index (χ1) is 32.1. The highest BCUT2D eigenvalue weighted by Crippen LogP contribution is 2.25. The number of likely N-dealkylation sites (tertiary alicyclic amines) is 1. The van der Waals surface area contributed by atoms with Crippen LogP contribution in [0, 0.1) is 23.7 Å². The molecule has 2 aliphatic heterocycles. The average molecular weight is 962 g/mol. The van der Waals surface area contributed by atoms with Crippen molar-refractivity contribution in [3.05, 3.63) is 0 Å². The van der Waals surface area contributed by atoms with Crippen LogP contribution >= 0.6 is 0 Å². The molecule has 2 heterocycles. The molecule has 0 unspecified atom stereocenters. The number of primary amides is 1. The maximum atomic E-state index is 13.5. The number of Topliss-reactive ketones (excluding diaryl/α,β-unsaturated/α-hetero) is 5. The van der Waals surface area contributed by atoms with Crippen molar-refractivity contribution in [3.63, 3.8) is 0 Å². The van der Waals surface area contributed by atoms with E-state index in [1.807, 2.05) is 20.8 Å². The van der Waals surface area contributed by atoms with E-state index in [4.69, 9.17) is 5.73 Å². The molecule has 6 amide bonds. The van der Waals surface area contributed by atoms with Crippen LogP contribution in [0.25, 0.3) is 0 Å². The van der Waals surface area contributed by atoms with Gasteiger partial charge in [0.25, 0.3) is 0 Å². The van der Waals surface area contributed by atoms with Crippen molar-refractivity contribution < 1.29 is 67.7 Å². The lowest BCUT2D eigenvalue weighted by atomic mass is 9.90. The van der Waals surface area contributed by atoms with Crippen molar-refractivity contribution in [1.82, 2.24) is 31.5 Å². The Balaban J connectivity index is 2.00. The van der Waals surface area contributed by atoms with E-state index < -0.39 is 126 Å². The van der Waals surface area contributed by atoms with E-state index in [0.29, 0.717) is 32.2 Å². The van der Waals surface area contributed by atoms with Crippen LogP contribution in [0.4, 0.5) is 0 Å². The molecular weight excluding hydrogens is 887 g/mol. The van der Waals surface area contributed by atoms with Gasteiger partial charge in [0.2, 0.25) is 35.4 Å². The number of carboxylic acids is 1. The summed E-state index contributed by atoms with van der Waals surface area (Å²) in [4.78, 5) is 156. The number of carbonyl (C=O) groups is 12. The molecule has 0 saturated carbocycles. The van der Waals surface area contributed by atoms with Gasteiger partial charge in [0.1, 0.15) is 5.78 Å². The van der Waals surface area contributed by atoms with Gasteiger partial charge in [-0.05, 0) is 51.4 Å². The topological polar surface area (TPSA) is 335 Å². The van der Waals surface area contributed by atoms with Gasteiger partial charge in [-0.15, -0.1) is 0 Å². The van der Waals surface area contributed by atoms with Crippen LogP contribution in [0.5, 0.6) is 0 Å². The van der Waals surface area contributed by atoms with Crippen LogP contribution in [0.1, 0.15) is 143 Å². The van der Waals surface area contributed by atoms with Crippen LogP contribution in [0.2, 0.25) is 0 Å². The minimum absolute atomic E-state index is 0.0697. The number of unbranched alkanes of at least 4 members (excludes halogenated alkanes) is 2. The van der Waals surface area contributed by atoms with Gasteiger partial charge in [-0.1, -0.05) is 40.0 Å². The number of nitrogens with zero attached hydrogens (tertiary/aromatic N) is 1. The Morgan fingerprint density at radius 3 is 2.06 bits per heavy atom. The Morgan fingerprint density at radius 2 is 1.46 bits per heavy atom. The highest BCUT2D eigenvalue weighted by atomic mass is 16.4. The normalized spacial score (nSPS) is 18.9. The van der Waals surface area contributed by atoms with Gasteiger partial charge in [-0.25, -0.2) is 0 Å². The molecular formula is C47H75N7O14. The molecule has 21 heteroatoms. The molecule has 0 bridgehead atoms. The van der Waals surface area contributed by atoms with Crippen LogP contribution in [0.3, 0.4) is 0 Å². The lowest BCUT2D eigenvalue weighted by molar-refractivity contribution is -0.145. The third-order valence-electron chi connectivity index (χ3n) is 12.4. The minimum Gasteiger partial charge on any atom is -0.481 e. The second-order valence-electron chi connectivity index (χ2n) is 18.6. The molecule has 21 nitrogen and oxygen atoms in total. The number of rotatable bonds is 34. The molecule has 0 spiro atoms. The van der Waals surface area contributed by atoms with Crippen LogP contribution in [-0.4, -0.2) is 142 Å². The van der Waals surface area contributed by atoms with Crippen LogP contribution in [-0.2, 0) is 57.5 Å². The lowest BCUT2D eigenvalue weighted by Crippen LogP contribution is -2.45. The summed E-state index contributed by atoms with van der Waals surface area (Å²) in [6.45, 7) is 7.07. The highest BCUT2D eigenvalue weighted by molar-refractivity contribution is 5.98. The number of nitrogens with two attached hydrogens (primary N) is 1. The van der Waals surface area contributed by atoms with Gasteiger partial charge in [0.15, 0.2) is 23.1 Å². The summed E-state index contributed by atoms with van der Waals surface area (Å²) < 4.78 is 0. The number of nitrogens with one attached hydrogen (secondary N) is 5. The summed E-state index contributed by atoms with van der Waals surface area (Å²) in [5, 5.41) is 32.1. The minimum atomic E-state index is -1.32. The SMILES string of the molecule is CCCCC[C@H](CC(=O)[C@@H]1CCCN1C(=O)CCC(=O)[C@H](C)NC(=O)[C@@H](CC(=O)CNC(=O)[C@H](CC(=O)NC)CC(=O)[C@H](CCC(N)=O)NC(=O)CCC(=O)[C@@H]1C[C@@H](O)CN1)CC(C)C)C(=O)O. The first-order valence-electron chi connectivity index (χ1n) is 24.0. The van der Waals surface area contributed by atoms with Gasteiger partial charge < -0.3 is 47.4 Å². The number of carbonyl (C=O) groups excluding carboxylic acids is 11. The van der Waals surface area contributed by atoms with Gasteiger partial charge in [-0.3, -0.25) is 57.5 Å². The van der Waals surface area contributed by atoms with E-state index in [1.165, 1.54) is 18.9 Å². The number of carboxylic acid groups (broad SMARTS) is 1. The van der Waals surface area contributed by atoms with E-state index in [-0.39, 0.29) is 88.2 Å². The zero-order valence-electron chi connectivity index (χ0n) is 40.4. The molecule has 0 radical (unpaired) electrons. The third-order valence-corrected chi connectivity index (χ3v) is 12.4. The number of aliphatic hydroxyl groups excluding tert-OH is 1. The smallest absolute Gasteiger partial charge is 0.306 e. The fourth-order valence-electron chi connectivity index (χ4n) is 8.47. The monoisotopic (exact) mass is 962 g/mol. The molecule has 2 aliphatic rings. The number of hydrogen-bond donors (Lipinski definition) is 8. The van der Waals surface area contributed by atoms with Crippen molar-refractivity contribution >= 4 is 70.3 Å². The van der Waals surface area contributed by atoms with Crippen molar-refractivity contribution in [2.24, 2.45) is 29.4 Å². The third kappa shape index (κ3) is 21.2. The molecule has 2 saturated heterocycles. The van der Waals surface area contributed by atoms with E-state index in [1.54, 1.807) is 0 Å². The summed E-state index contributed by atoms with van der Waals surface area (Å²) in [5.74, 6) is -10.5. The number of aliphatic hydroxyl groups is 1. The molecule has 382 valence electrons. The standard InChI is InChI=1S/C47H75N7O14/c1-6-7-8-10-29(47(67)68)21-40(60)36-11-9-18-54(36)44(64)17-14-37(57)28(4)52-46(66)30(19-27(2)3)20-32(55)26-51-45(65)31(23-43(63)49-5)22-39(59)34(12-15-41(48)61)53-42(62)16-13-38(58)35-24-33(56)25-50-35/h27-31,33-36,50,56H,6-26H2,1-5H3,(H2,48,61)(H,49,63)(H,51,65)(H,52,66)(H,53,62)(H,67,68)/t28-,29+,30+,31-,33+,34-,35-,36-/m0/s1. The number of ketones is 5. The lowest BCUT2D eigenvalue weighted by Gasteiger charge is -2.25. The van der Waals surface area contributed by atoms with Crippen molar-refractivity contribution in [2.75, 3.05) is 26.7 Å². The molecule has 0 aromatic heterocycles. The Labute approximate surface area is 398 Å². The van der Waals surface area contributed by atoms with Gasteiger partial charge in [-0.2, -0.15) is 0 Å². The molecule has 0 aromatic carbocycles. The summed E-state index contributed by atoms with van der Waals surface area (Å²) in [5.41, 5.74) is 5.29. The number of aliphatic carboxylic acids is 1. The Kier molecular flexibility index (Phi) is 26.0. The average Bonchev–Trinajstić information content (AvgIpc) is 3.96. The second-order valence-corrected chi connectivity index (χ2v) is 18.6. The van der Waals surface area contributed by atoms with Crippen molar-refractivity contribution in [2.45, 2.75) is 174 Å². The number of hydrogen-bond acceptors (Lipinski definition) is 14. The van der Waals surface area contributed by atoms with Gasteiger partial charge in [0.05, 0.1) is 48.7 Å². The number of amides is 6. The molecule has 0 aromatic rings. The molecule has 68 heavy (non-hydrogen) atoms. The van der Waals surface area contributed by atoms with E-state index in [9.17, 15) is 67.7 Å². The fraction of sp³-hybridized carbons (Fsp3) is 0.745. The summed E-state index contributed by atoms with van der Waals surface area (Å²) in [6, 6.07) is -3.72. The quantitative estimate of drug-likeness (QED) is 0.0404. The maximum absolute atomic E-state index is 13.5. The predicted octanol–water partition coefficient (Wildman–Crippen LogP) is 0.343. The van der Waals surface area contributed by atoms with Crippen LogP contribution in [0.15, 0.2) is 0 Å². The zero-order chi connectivity index (χ0) is 51.1. The summed E-state index contributed by atoms with van der Waals surface area (Å²) >= 11 is 0. The van der Waals surface area contributed by atoms with E-state index >= 15 is 0 Å². The summed E-state index contributed by atoms with van der Waals surface area (Å²) in [7, 11) is 1.32. The zero-order valence-corrected chi connectivity index (χ0v) is 40.4. The molecule has 0 aliphatic carbocycles. The van der Waals surface area contributed by atoms with E-state index in [2.05, 4.69) is 26.6 Å². The van der Waals surface area contributed by atoms with Crippen molar-refractivity contribution in [3.8, 4) is 0 Å². The van der Waals surface area contributed by atoms with Crippen molar-refractivity contribution in [1.29, 1.82) is 0 Å². The Bertz CT molecular complexity index is 1820. The van der Waals surface area contributed by atoms with Gasteiger partial charge in [0, 0.05) is 83.8 Å². The van der Waals surface area contributed by atoms with E-state index in [0.717, 1.165) is 12.8 Å². The molecule has 9 N–H and O–H groups in total. The fourth-order valence-corrected chi connectivity index (χ4v) is 8.47. The number of β-amino-alcohol motifs (C(OH)–C–C–N with tert-alkyl or cyclic N) is 1. The Hall–Kier alpha value is -5.44.